The molecule has 6 bridgehead atoms. The van der Waals surface area contributed by atoms with Gasteiger partial charge in [0.15, 0.2) is 0 Å². The number of ether oxygens (including phenoxy) is 5. The molecule has 0 amide bonds. The Labute approximate surface area is 232 Å². The van der Waals surface area contributed by atoms with Crippen molar-refractivity contribution in [3.8, 4) is 11.5 Å². The highest BCUT2D eigenvalue weighted by Crippen LogP contribution is 2.29. The lowest BCUT2D eigenvalue weighted by molar-refractivity contribution is 0.00611. The zero-order valence-electron chi connectivity index (χ0n) is 23.5. The van der Waals surface area contributed by atoms with Crippen molar-refractivity contribution < 1.29 is 33.9 Å². The van der Waals surface area contributed by atoms with Crippen molar-refractivity contribution in [3.63, 3.8) is 0 Å². The maximum absolute atomic E-state index is 11.1. The molecule has 0 aliphatic carbocycles. The lowest BCUT2D eigenvalue weighted by Crippen LogP contribution is -2.33. The molecule has 3 aliphatic heterocycles. The van der Waals surface area contributed by atoms with Crippen molar-refractivity contribution in [3.05, 3.63) is 57.6 Å². The van der Waals surface area contributed by atoms with Crippen LogP contribution in [0.15, 0.2) is 24.3 Å². The zero-order valence-corrected chi connectivity index (χ0v) is 23.5. The molecule has 2 aromatic rings. The minimum absolute atomic E-state index is 0.246. The van der Waals surface area contributed by atoms with Crippen molar-refractivity contribution >= 4 is 0 Å². The topological polar surface area (TPSA) is 93.1 Å². The van der Waals surface area contributed by atoms with Crippen molar-refractivity contribution in [2.45, 2.75) is 40.2 Å². The lowest BCUT2D eigenvalue weighted by atomic mass is 10.0. The molecular formula is C30H44N2O7. The maximum Gasteiger partial charge on any atom is 0.125 e. The van der Waals surface area contributed by atoms with Crippen molar-refractivity contribution in [2.75, 3.05) is 79.0 Å². The molecule has 3 aliphatic rings. The molecule has 5 rings (SSSR count). The number of aryl methyl sites for hydroxylation is 2. The fourth-order valence-corrected chi connectivity index (χ4v) is 5.04. The van der Waals surface area contributed by atoms with E-state index < -0.39 is 0 Å². The summed E-state index contributed by atoms with van der Waals surface area (Å²) in [7, 11) is 0. The molecule has 9 nitrogen and oxygen atoms in total. The minimum Gasteiger partial charge on any atom is -0.507 e. The van der Waals surface area contributed by atoms with Gasteiger partial charge in [0.2, 0.25) is 0 Å². The predicted octanol–water partition coefficient (Wildman–Crippen LogP) is 3.13. The molecule has 1 saturated heterocycles. The monoisotopic (exact) mass is 544 g/mol. The summed E-state index contributed by atoms with van der Waals surface area (Å²) in [4.78, 5) is 4.47. The first-order valence-corrected chi connectivity index (χ1v) is 14.0. The molecule has 216 valence electrons. The van der Waals surface area contributed by atoms with E-state index in [1.165, 1.54) is 0 Å². The standard InChI is InChI=1S/C30H44N2O7/c1-23-15-25-19-31-3-7-35-11-13-37-9-5-32(6-10-38-14-12-36-8-4-31)20-26-16-24(2)18-28(30(26)34)22-39-21-27(17-23)29(25)33/h15-18,33-34H,3-14,19-22H2,1-2H3. The second-order valence-corrected chi connectivity index (χ2v) is 10.4. The molecule has 0 atom stereocenters. The Morgan fingerprint density at radius 2 is 0.821 bits per heavy atom. The summed E-state index contributed by atoms with van der Waals surface area (Å²) in [5, 5.41) is 22.3. The number of aromatic hydroxyl groups is 2. The molecule has 2 aromatic carbocycles. The van der Waals surface area contributed by atoms with Gasteiger partial charge in [0.25, 0.3) is 0 Å². The average molecular weight is 545 g/mol. The number of benzene rings is 2. The van der Waals surface area contributed by atoms with Gasteiger partial charge in [-0.3, -0.25) is 9.80 Å². The van der Waals surface area contributed by atoms with Crippen LogP contribution in [0.5, 0.6) is 11.5 Å². The maximum atomic E-state index is 11.1. The molecule has 0 saturated carbocycles. The normalized spacial score (nSPS) is 23.2. The Hall–Kier alpha value is -2.24. The lowest BCUT2D eigenvalue weighted by Gasteiger charge is -2.24. The summed E-state index contributed by atoms with van der Waals surface area (Å²) < 4.78 is 29.5. The van der Waals surface area contributed by atoms with Gasteiger partial charge in [-0.2, -0.15) is 0 Å². The van der Waals surface area contributed by atoms with E-state index in [0.717, 1.165) is 33.4 Å². The van der Waals surface area contributed by atoms with E-state index in [-0.39, 0.29) is 24.7 Å². The summed E-state index contributed by atoms with van der Waals surface area (Å²) in [5.74, 6) is 0.492. The average Bonchev–Trinajstić information content (AvgIpc) is 2.90. The first kappa shape index (κ1) is 29.7. The third-order valence-corrected chi connectivity index (χ3v) is 7.08. The molecule has 0 radical (unpaired) electrons. The first-order valence-electron chi connectivity index (χ1n) is 14.0. The van der Waals surface area contributed by atoms with E-state index in [0.29, 0.717) is 92.1 Å². The predicted molar refractivity (Wildman–Crippen MR) is 148 cm³/mol. The second kappa shape index (κ2) is 15.5. The van der Waals surface area contributed by atoms with Gasteiger partial charge >= 0.3 is 0 Å². The smallest absolute Gasteiger partial charge is 0.125 e. The van der Waals surface area contributed by atoms with Crippen LogP contribution in [-0.4, -0.2) is 99.0 Å². The fraction of sp³-hybridized carbons (Fsp3) is 0.600. The van der Waals surface area contributed by atoms with Crippen molar-refractivity contribution in [2.24, 2.45) is 0 Å². The van der Waals surface area contributed by atoms with Crippen LogP contribution >= 0.6 is 0 Å². The summed E-state index contributed by atoms with van der Waals surface area (Å²) in [6.45, 7) is 12.9. The van der Waals surface area contributed by atoms with Crippen LogP contribution in [0, 0.1) is 13.8 Å². The zero-order chi connectivity index (χ0) is 27.5. The van der Waals surface area contributed by atoms with E-state index >= 15 is 0 Å². The SMILES string of the molecule is Cc1cc2c(O)c(c1)CN1CCOCCOCCN(CCOCCOCC1)Cc1cc(C)cc(c1O)COC2. The Morgan fingerprint density at radius 1 is 0.487 bits per heavy atom. The minimum atomic E-state index is 0.246. The Bertz CT molecular complexity index is 947. The number of fused-ring (bicyclic) bond motifs is 16. The largest absolute Gasteiger partial charge is 0.507 e. The van der Waals surface area contributed by atoms with Gasteiger partial charge in [0.05, 0.1) is 66.1 Å². The quantitative estimate of drug-likeness (QED) is 0.519. The highest BCUT2D eigenvalue weighted by atomic mass is 16.5. The summed E-state index contributed by atoms with van der Waals surface area (Å²) in [6.07, 6.45) is 0. The van der Waals surface area contributed by atoms with Gasteiger partial charge in [-0.15, -0.1) is 0 Å². The number of nitrogens with zero attached hydrogens (tertiary/aromatic N) is 2. The van der Waals surface area contributed by atoms with E-state index in [1.54, 1.807) is 0 Å². The molecular weight excluding hydrogens is 500 g/mol. The highest BCUT2D eigenvalue weighted by molar-refractivity contribution is 5.44. The highest BCUT2D eigenvalue weighted by Gasteiger charge is 2.17. The molecule has 0 unspecified atom stereocenters. The number of hydrogen-bond acceptors (Lipinski definition) is 9. The van der Waals surface area contributed by atoms with Crippen LogP contribution in [0.25, 0.3) is 0 Å². The summed E-state index contributed by atoms with van der Waals surface area (Å²) >= 11 is 0. The molecule has 0 spiro atoms. The number of phenols is 2. The van der Waals surface area contributed by atoms with Gasteiger partial charge in [0.1, 0.15) is 11.5 Å². The van der Waals surface area contributed by atoms with Gasteiger partial charge in [-0.25, -0.2) is 0 Å². The molecule has 1 fully saturated rings. The first-order chi connectivity index (χ1) is 19.0. The van der Waals surface area contributed by atoms with Crippen LogP contribution in [0.3, 0.4) is 0 Å². The fourth-order valence-electron chi connectivity index (χ4n) is 5.04. The molecule has 39 heavy (non-hydrogen) atoms. The molecule has 2 N–H and O–H groups in total. The Kier molecular flexibility index (Phi) is 11.8. The molecule has 3 heterocycles. The second-order valence-electron chi connectivity index (χ2n) is 10.4. The summed E-state index contributed by atoms with van der Waals surface area (Å²) in [6, 6.07) is 7.95. The molecule has 0 aromatic heterocycles. The number of rotatable bonds is 0. The van der Waals surface area contributed by atoms with Crippen LogP contribution in [0.1, 0.15) is 33.4 Å². The van der Waals surface area contributed by atoms with Gasteiger partial charge in [-0.1, -0.05) is 35.4 Å². The van der Waals surface area contributed by atoms with Crippen LogP contribution in [0.2, 0.25) is 0 Å². The van der Waals surface area contributed by atoms with Gasteiger partial charge < -0.3 is 33.9 Å². The van der Waals surface area contributed by atoms with Crippen LogP contribution in [-0.2, 0) is 50.0 Å². The van der Waals surface area contributed by atoms with E-state index in [1.807, 2.05) is 38.1 Å². The van der Waals surface area contributed by atoms with Crippen LogP contribution in [0.4, 0.5) is 0 Å². The number of hydrogen-bond donors (Lipinski definition) is 2. The number of phenolic OH excluding ortho intramolecular Hbond substituents is 2. The Morgan fingerprint density at radius 3 is 1.18 bits per heavy atom. The van der Waals surface area contributed by atoms with Crippen molar-refractivity contribution in [1.29, 1.82) is 0 Å². The third kappa shape index (κ3) is 9.42. The van der Waals surface area contributed by atoms with Gasteiger partial charge in [-0.05, 0) is 13.8 Å². The van der Waals surface area contributed by atoms with E-state index in [4.69, 9.17) is 23.7 Å². The van der Waals surface area contributed by atoms with Gasteiger partial charge in [0, 0.05) is 61.5 Å². The Balaban J connectivity index is 1.64. The van der Waals surface area contributed by atoms with E-state index in [2.05, 4.69) is 9.80 Å². The summed E-state index contributed by atoms with van der Waals surface area (Å²) in [5.41, 5.74) is 5.28. The van der Waals surface area contributed by atoms with E-state index in [9.17, 15) is 10.2 Å². The van der Waals surface area contributed by atoms with Crippen LogP contribution < -0.4 is 0 Å². The van der Waals surface area contributed by atoms with Crippen molar-refractivity contribution in [1.82, 2.24) is 9.80 Å². The molecule has 9 heteroatoms. The third-order valence-electron chi connectivity index (χ3n) is 7.08.